The maximum atomic E-state index is 12.3. The van der Waals surface area contributed by atoms with Gasteiger partial charge in [-0.15, -0.1) is 0 Å². The minimum Gasteiger partial charge on any atom is -0.385 e. The largest absolute Gasteiger partial charge is 0.385 e. The first-order valence-corrected chi connectivity index (χ1v) is 8.68. The zero-order chi connectivity index (χ0) is 14.5. The van der Waals surface area contributed by atoms with E-state index in [4.69, 9.17) is 0 Å². The van der Waals surface area contributed by atoms with Crippen LogP contribution in [0.25, 0.3) is 0 Å². The summed E-state index contributed by atoms with van der Waals surface area (Å²) in [7, 11) is -0.833. The molecule has 110 valence electrons. The molecule has 1 aromatic carbocycles. The standard InChI is InChI=1S/C15H22N2O2S/c1-11(20(2)19)8-10-17-15(18)13-5-3-7-14-12(13)6-4-9-16-14/h3,5,7,11,16H,4,6,8-10H2,1-2H3,(H,17,18). The average Bonchev–Trinajstić information content (AvgIpc) is 2.46. The number of carbonyl (C=O) groups excluding carboxylic acids is 1. The Bertz CT molecular complexity index is 517. The van der Waals surface area contributed by atoms with Crippen LogP contribution in [0.15, 0.2) is 18.2 Å². The summed E-state index contributed by atoms with van der Waals surface area (Å²) in [4.78, 5) is 12.3. The SMILES string of the molecule is CC(CCNC(=O)c1cccc2c1CCCN2)S(C)=O. The van der Waals surface area contributed by atoms with Crippen LogP contribution in [0.1, 0.15) is 35.7 Å². The van der Waals surface area contributed by atoms with Crippen molar-refractivity contribution < 1.29 is 9.00 Å². The molecule has 1 aliphatic rings. The molecule has 4 nitrogen and oxygen atoms in total. The van der Waals surface area contributed by atoms with Gasteiger partial charge in [-0.25, -0.2) is 0 Å². The van der Waals surface area contributed by atoms with Gasteiger partial charge in [-0.1, -0.05) is 13.0 Å². The summed E-state index contributed by atoms with van der Waals surface area (Å²) in [6, 6.07) is 5.81. The van der Waals surface area contributed by atoms with Crippen LogP contribution in [0.4, 0.5) is 5.69 Å². The van der Waals surface area contributed by atoms with Crippen molar-refractivity contribution in [2.45, 2.75) is 31.4 Å². The Morgan fingerprint density at radius 3 is 3.05 bits per heavy atom. The molecule has 0 aromatic heterocycles. The normalized spacial score (nSPS) is 16.7. The third kappa shape index (κ3) is 3.60. The number of benzene rings is 1. The third-order valence-electron chi connectivity index (χ3n) is 3.74. The van der Waals surface area contributed by atoms with Gasteiger partial charge in [-0.2, -0.15) is 0 Å². The molecule has 2 rings (SSSR count). The molecule has 0 bridgehead atoms. The number of rotatable bonds is 5. The van der Waals surface area contributed by atoms with Crippen LogP contribution in [0.3, 0.4) is 0 Å². The van der Waals surface area contributed by atoms with Crippen LogP contribution in [-0.2, 0) is 17.2 Å². The van der Waals surface area contributed by atoms with Crippen LogP contribution in [-0.4, -0.2) is 34.7 Å². The van der Waals surface area contributed by atoms with Crippen molar-refractivity contribution in [1.82, 2.24) is 5.32 Å². The molecule has 1 heterocycles. The van der Waals surface area contributed by atoms with E-state index in [1.165, 1.54) is 0 Å². The monoisotopic (exact) mass is 294 g/mol. The average molecular weight is 294 g/mol. The number of fused-ring (bicyclic) bond motifs is 1. The number of amides is 1. The van der Waals surface area contributed by atoms with E-state index in [1.54, 1.807) is 6.26 Å². The van der Waals surface area contributed by atoms with Gasteiger partial charge in [0.05, 0.1) is 0 Å². The first kappa shape index (κ1) is 15.0. The summed E-state index contributed by atoms with van der Waals surface area (Å²) in [6.45, 7) is 3.48. The molecule has 0 aliphatic carbocycles. The van der Waals surface area contributed by atoms with Crippen molar-refractivity contribution in [2.75, 3.05) is 24.7 Å². The van der Waals surface area contributed by atoms with Gasteiger partial charge >= 0.3 is 0 Å². The van der Waals surface area contributed by atoms with E-state index in [2.05, 4.69) is 10.6 Å². The van der Waals surface area contributed by atoms with Gasteiger partial charge in [-0.05, 0) is 37.0 Å². The highest BCUT2D eigenvalue weighted by molar-refractivity contribution is 7.84. The zero-order valence-electron chi connectivity index (χ0n) is 12.1. The summed E-state index contributed by atoms with van der Waals surface area (Å²) in [5, 5.41) is 6.37. The lowest BCUT2D eigenvalue weighted by atomic mass is 9.97. The topological polar surface area (TPSA) is 58.2 Å². The fraction of sp³-hybridized carbons (Fsp3) is 0.533. The van der Waals surface area contributed by atoms with Crippen LogP contribution in [0.5, 0.6) is 0 Å². The van der Waals surface area contributed by atoms with E-state index >= 15 is 0 Å². The second kappa shape index (κ2) is 6.88. The highest BCUT2D eigenvalue weighted by Gasteiger charge is 2.17. The number of hydrogen-bond acceptors (Lipinski definition) is 3. The minimum absolute atomic E-state index is 0.0281. The van der Waals surface area contributed by atoms with E-state index in [-0.39, 0.29) is 11.2 Å². The highest BCUT2D eigenvalue weighted by Crippen LogP contribution is 2.25. The maximum absolute atomic E-state index is 12.3. The Kier molecular flexibility index (Phi) is 5.17. The van der Waals surface area contributed by atoms with Crippen molar-refractivity contribution in [3.05, 3.63) is 29.3 Å². The molecule has 1 amide bonds. The fourth-order valence-corrected chi connectivity index (χ4v) is 2.82. The summed E-state index contributed by atoms with van der Waals surface area (Å²) in [5.74, 6) is -0.0281. The molecule has 0 fully saturated rings. The highest BCUT2D eigenvalue weighted by atomic mass is 32.2. The lowest BCUT2D eigenvalue weighted by Crippen LogP contribution is -2.29. The van der Waals surface area contributed by atoms with Gasteiger partial charge < -0.3 is 10.6 Å². The van der Waals surface area contributed by atoms with Crippen LogP contribution in [0.2, 0.25) is 0 Å². The maximum Gasteiger partial charge on any atom is 0.251 e. The van der Waals surface area contributed by atoms with E-state index in [9.17, 15) is 9.00 Å². The quantitative estimate of drug-likeness (QED) is 0.872. The van der Waals surface area contributed by atoms with E-state index in [1.807, 2.05) is 25.1 Å². The van der Waals surface area contributed by atoms with E-state index in [0.29, 0.717) is 6.54 Å². The summed E-state index contributed by atoms with van der Waals surface area (Å²) >= 11 is 0. The first-order chi connectivity index (χ1) is 9.59. The van der Waals surface area contributed by atoms with Gasteiger partial charge in [-0.3, -0.25) is 9.00 Å². The number of nitrogens with one attached hydrogen (secondary N) is 2. The predicted octanol–water partition coefficient (Wildman–Crippen LogP) is 1.93. The fourth-order valence-electron chi connectivity index (χ4n) is 2.37. The minimum atomic E-state index is -0.833. The van der Waals surface area contributed by atoms with Crippen molar-refractivity contribution in [2.24, 2.45) is 0 Å². The first-order valence-electron chi connectivity index (χ1n) is 7.06. The molecule has 0 spiro atoms. The molecule has 2 atom stereocenters. The smallest absolute Gasteiger partial charge is 0.251 e. The van der Waals surface area contributed by atoms with Gasteiger partial charge in [0, 0.05) is 46.6 Å². The second-order valence-electron chi connectivity index (χ2n) is 5.22. The second-order valence-corrected chi connectivity index (χ2v) is 7.02. The molecule has 0 radical (unpaired) electrons. The Morgan fingerprint density at radius 2 is 2.30 bits per heavy atom. The van der Waals surface area contributed by atoms with E-state index in [0.717, 1.165) is 42.6 Å². The Hall–Kier alpha value is -1.36. The van der Waals surface area contributed by atoms with Gasteiger partial charge in [0.25, 0.3) is 5.91 Å². The zero-order valence-corrected chi connectivity index (χ0v) is 12.9. The molecule has 0 saturated carbocycles. The van der Waals surface area contributed by atoms with Crippen molar-refractivity contribution >= 4 is 22.4 Å². The lowest BCUT2D eigenvalue weighted by molar-refractivity contribution is 0.0952. The molecular formula is C15H22N2O2S. The van der Waals surface area contributed by atoms with Crippen molar-refractivity contribution in [1.29, 1.82) is 0 Å². The van der Waals surface area contributed by atoms with Gasteiger partial charge in [0.15, 0.2) is 0 Å². The number of hydrogen-bond donors (Lipinski definition) is 2. The van der Waals surface area contributed by atoms with Crippen LogP contribution in [0, 0.1) is 0 Å². The molecule has 1 aliphatic heterocycles. The third-order valence-corrected chi connectivity index (χ3v) is 5.11. The van der Waals surface area contributed by atoms with Gasteiger partial charge in [0.1, 0.15) is 0 Å². The summed E-state index contributed by atoms with van der Waals surface area (Å²) in [5.41, 5.74) is 2.95. The summed E-state index contributed by atoms with van der Waals surface area (Å²) in [6.07, 6.45) is 4.44. The van der Waals surface area contributed by atoms with Crippen LogP contribution < -0.4 is 10.6 Å². The van der Waals surface area contributed by atoms with Crippen molar-refractivity contribution in [3.63, 3.8) is 0 Å². The van der Waals surface area contributed by atoms with Gasteiger partial charge in [0.2, 0.25) is 0 Å². The van der Waals surface area contributed by atoms with E-state index < -0.39 is 10.8 Å². The van der Waals surface area contributed by atoms with Crippen LogP contribution >= 0.6 is 0 Å². The summed E-state index contributed by atoms with van der Waals surface area (Å²) < 4.78 is 11.3. The molecular weight excluding hydrogens is 272 g/mol. The predicted molar refractivity (Wildman–Crippen MR) is 83.7 cm³/mol. The number of anilines is 1. The Labute approximate surface area is 122 Å². The molecule has 5 heteroatoms. The molecule has 2 unspecified atom stereocenters. The molecule has 1 aromatic rings. The molecule has 20 heavy (non-hydrogen) atoms. The Balaban J connectivity index is 1.98. The molecule has 0 saturated heterocycles. The number of carbonyl (C=O) groups is 1. The van der Waals surface area contributed by atoms with Crippen molar-refractivity contribution in [3.8, 4) is 0 Å². The lowest BCUT2D eigenvalue weighted by Gasteiger charge is -2.20. The molecule has 2 N–H and O–H groups in total. The Morgan fingerprint density at radius 1 is 1.50 bits per heavy atom.